The zero-order chi connectivity index (χ0) is 16.6. The average molecular weight is 305 g/mol. The van der Waals surface area contributed by atoms with Gasteiger partial charge in [-0.3, -0.25) is 4.79 Å². The molecule has 0 unspecified atom stereocenters. The summed E-state index contributed by atoms with van der Waals surface area (Å²) in [5.74, 6) is -0.542. The van der Waals surface area contributed by atoms with Gasteiger partial charge in [-0.2, -0.15) is 0 Å². The Bertz CT molecular complexity index is 945. The number of carbonyl (C=O) groups excluding carboxylic acids is 1. The van der Waals surface area contributed by atoms with Crippen LogP contribution in [0, 0.1) is 18.8 Å². The van der Waals surface area contributed by atoms with E-state index in [1.165, 1.54) is 0 Å². The zero-order valence-electron chi connectivity index (χ0n) is 12.8. The predicted octanol–water partition coefficient (Wildman–Crippen LogP) is 4.74. The highest BCUT2D eigenvalue weighted by Gasteiger charge is 2.11. The van der Waals surface area contributed by atoms with E-state index in [-0.39, 0.29) is 11.3 Å². The zero-order valence-corrected chi connectivity index (χ0v) is 12.8. The molecule has 4 heteroatoms. The molecule has 114 valence electrons. The largest absolute Gasteiger partial charge is 0.507 e. The summed E-state index contributed by atoms with van der Waals surface area (Å²) in [5, 5.41) is 14.4. The molecule has 0 aliphatic carbocycles. The monoisotopic (exact) mass is 305 g/mol. The van der Waals surface area contributed by atoms with Gasteiger partial charge < -0.3 is 5.11 Å². The highest BCUT2D eigenvalue weighted by molar-refractivity contribution is 6.01. The Morgan fingerprint density at radius 2 is 1.78 bits per heavy atom. The molecule has 4 nitrogen and oxygen atoms in total. The summed E-state index contributed by atoms with van der Waals surface area (Å²) < 4.78 is 0. The molecule has 0 heterocycles. The van der Waals surface area contributed by atoms with Crippen molar-refractivity contribution >= 4 is 16.7 Å². The highest BCUT2D eigenvalue weighted by atomic mass is 16.3. The van der Waals surface area contributed by atoms with Gasteiger partial charge >= 0.3 is 5.91 Å². The summed E-state index contributed by atoms with van der Waals surface area (Å²) in [5.41, 5.74) is 3.89. The van der Waals surface area contributed by atoms with Gasteiger partial charge in [0.25, 0.3) is 0 Å². The minimum Gasteiger partial charge on any atom is -0.507 e. The number of phenols is 1. The van der Waals surface area contributed by atoms with E-state index in [4.69, 9.17) is 0 Å². The van der Waals surface area contributed by atoms with Crippen molar-refractivity contribution < 1.29 is 9.90 Å². The fourth-order valence-corrected chi connectivity index (χ4v) is 2.77. The second-order valence-electron chi connectivity index (χ2n) is 5.65. The van der Waals surface area contributed by atoms with Crippen molar-refractivity contribution in [1.82, 2.24) is 0 Å². The third-order valence-electron chi connectivity index (χ3n) is 3.95. The normalized spacial score (nSPS) is 10.7. The van der Waals surface area contributed by atoms with Crippen molar-refractivity contribution in [3.05, 3.63) is 70.1 Å². The van der Waals surface area contributed by atoms with E-state index in [1.807, 2.05) is 44.2 Å². The van der Waals surface area contributed by atoms with E-state index in [0.29, 0.717) is 0 Å². The maximum absolute atomic E-state index is 11.5. The van der Waals surface area contributed by atoms with Crippen LogP contribution in [0.2, 0.25) is 0 Å². The van der Waals surface area contributed by atoms with E-state index >= 15 is 0 Å². The molecule has 0 bridgehead atoms. The Morgan fingerprint density at radius 3 is 2.52 bits per heavy atom. The fraction of sp³-hybridized carbons (Fsp3) is 0.105. The van der Waals surface area contributed by atoms with Gasteiger partial charge in [0.1, 0.15) is 5.75 Å². The van der Waals surface area contributed by atoms with E-state index in [9.17, 15) is 14.8 Å². The minimum absolute atomic E-state index is 0.226. The number of hydrogen-bond donors (Lipinski definition) is 1. The van der Waals surface area contributed by atoms with Crippen molar-refractivity contribution in [1.29, 1.82) is 0 Å². The standard InChI is InChI=1S/C19H15NO3/c1-11-3-6-18(21)17(7-11)14-5-4-13-9-15(19(22)20-23)8-12(2)16(13)10-14/h3-10,21H,1-2H3. The maximum Gasteiger partial charge on any atom is 0.316 e. The van der Waals surface area contributed by atoms with Gasteiger partial charge in [0, 0.05) is 16.3 Å². The van der Waals surface area contributed by atoms with Crippen LogP contribution in [-0.4, -0.2) is 11.0 Å². The number of carbonyl (C=O) groups is 1. The molecule has 0 fully saturated rings. The average Bonchev–Trinajstić information content (AvgIpc) is 2.56. The topological polar surface area (TPSA) is 66.7 Å². The second kappa shape index (κ2) is 5.65. The number of rotatable bonds is 2. The van der Waals surface area contributed by atoms with Crippen molar-refractivity contribution in [2.24, 2.45) is 5.18 Å². The van der Waals surface area contributed by atoms with Crippen molar-refractivity contribution in [3.8, 4) is 16.9 Å². The van der Waals surface area contributed by atoms with Gasteiger partial charge in [0.2, 0.25) is 0 Å². The van der Waals surface area contributed by atoms with Crippen LogP contribution < -0.4 is 0 Å². The molecular formula is C19H15NO3. The van der Waals surface area contributed by atoms with Crippen molar-refractivity contribution in [2.75, 3.05) is 0 Å². The first-order chi connectivity index (χ1) is 11.0. The van der Waals surface area contributed by atoms with Crippen LogP contribution in [0.3, 0.4) is 0 Å². The number of hydrogen-bond acceptors (Lipinski definition) is 3. The van der Waals surface area contributed by atoms with Gasteiger partial charge in [-0.15, -0.1) is 4.91 Å². The quantitative estimate of drug-likeness (QED) is 0.696. The van der Waals surface area contributed by atoms with Gasteiger partial charge in [0.15, 0.2) is 0 Å². The number of aryl methyl sites for hydroxylation is 2. The summed E-state index contributed by atoms with van der Waals surface area (Å²) >= 11 is 0. The molecule has 0 radical (unpaired) electrons. The number of phenolic OH excluding ortho intramolecular Hbond substituents is 1. The Kier molecular flexibility index (Phi) is 3.66. The van der Waals surface area contributed by atoms with Gasteiger partial charge in [0.05, 0.1) is 0 Å². The summed E-state index contributed by atoms with van der Waals surface area (Å²) in [7, 11) is 0. The first-order valence-corrected chi connectivity index (χ1v) is 7.21. The van der Waals surface area contributed by atoms with E-state index < -0.39 is 5.91 Å². The van der Waals surface area contributed by atoms with E-state index in [0.717, 1.165) is 33.0 Å². The Labute approximate surface area is 133 Å². The van der Waals surface area contributed by atoms with E-state index in [1.54, 1.807) is 18.2 Å². The Balaban J connectivity index is 2.20. The molecule has 23 heavy (non-hydrogen) atoms. The van der Waals surface area contributed by atoms with Crippen LogP contribution in [0.1, 0.15) is 21.5 Å². The SMILES string of the molecule is Cc1ccc(O)c(-c2ccc3cc(C(=O)N=O)cc(C)c3c2)c1. The van der Waals surface area contributed by atoms with Crippen LogP contribution >= 0.6 is 0 Å². The van der Waals surface area contributed by atoms with Crippen LogP contribution in [-0.2, 0) is 0 Å². The van der Waals surface area contributed by atoms with Crippen LogP contribution in [0.25, 0.3) is 21.9 Å². The second-order valence-corrected chi connectivity index (χ2v) is 5.65. The lowest BCUT2D eigenvalue weighted by Gasteiger charge is -2.10. The number of nitroso groups, excluding NO2 is 1. The van der Waals surface area contributed by atoms with Crippen molar-refractivity contribution in [2.45, 2.75) is 13.8 Å². The molecule has 0 saturated carbocycles. The molecule has 1 amide bonds. The lowest BCUT2D eigenvalue weighted by atomic mass is 9.95. The molecule has 0 aliphatic rings. The molecule has 0 saturated heterocycles. The van der Waals surface area contributed by atoms with Crippen molar-refractivity contribution in [3.63, 3.8) is 0 Å². The number of benzene rings is 3. The number of aromatic hydroxyl groups is 1. The highest BCUT2D eigenvalue weighted by Crippen LogP contribution is 2.33. The number of amides is 1. The first kappa shape index (κ1) is 14.9. The molecule has 3 aromatic carbocycles. The molecule has 3 rings (SSSR count). The molecule has 3 aromatic rings. The van der Waals surface area contributed by atoms with Gasteiger partial charge in [-0.1, -0.05) is 23.8 Å². The van der Waals surface area contributed by atoms with Crippen LogP contribution in [0.15, 0.2) is 53.7 Å². The number of fused-ring (bicyclic) bond motifs is 1. The van der Waals surface area contributed by atoms with Crippen LogP contribution in [0.5, 0.6) is 5.75 Å². The molecular weight excluding hydrogens is 290 g/mol. The maximum atomic E-state index is 11.5. The predicted molar refractivity (Wildman–Crippen MR) is 90.6 cm³/mol. The fourth-order valence-electron chi connectivity index (χ4n) is 2.77. The van der Waals surface area contributed by atoms with Gasteiger partial charge in [-0.05, 0) is 66.1 Å². The third-order valence-corrected chi connectivity index (χ3v) is 3.95. The van der Waals surface area contributed by atoms with Crippen LogP contribution in [0.4, 0.5) is 0 Å². The summed E-state index contributed by atoms with van der Waals surface area (Å²) in [4.78, 5) is 21.9. The molecule has 0 aromatic heterocycles. The summed E-state index contributed by atoms with van der Waals surface area (Å²) in [6, 6.07) is 14.5. The van der Waals surface area contributed by atoms with Gasteiger partial charge in [-0.25, -0.2) is 0 Å². The van der Waals surface area contributed by atoms with E-state index in [2.05, 4.69) is 5.18 Å². The lowest BCUT2D eigenvalue weighted by molar-refractivity contribution is 0.100. The lowest BCUT2D eigenvalue weighted by Crippen LogP contribution is -1.95. The third kappa shape index (κ3) is 2.71. The molecule has 0 atom stereocenters. The Hall–Kier alpha value is -3.01. The summed E-state index contributed by atoms with van der Waals surface area (Å²) in [6.07, 6.45) is 0. The molecule has 0 spiro atoms. The first-order valence-electron chi connectivity index (χ1n) is 7.21. The minimum atomic E-state index is -0.768. The molecule has 1 N–H and O–H groups in total. The Morgan fingerprint density at radius 1 is 1.00 bits per heavy atom. The number of nitrogens with zero attached hydrogens (tertiary/aromatic N) is 1. The smallest absolute Gasteiger partial charge is 0.316 e. The summed E-state index contributed by atoms with van der Waals surface area (Å²) in [6.45, 7) is 3.85. The molecule has 0 aliphatic heterocycles.